The van der Waals surface area contributed by atoms with Crippen molar-refractivity contribution in [3.05, 3.63) is 35.4 Å². The van der Waals surface area contributed by atoms with E-state index >= 15 is 0 Å². The summed E-state index contributed by atoms with van der Waals surface area (Å²) < 4.78 is 10.8. The monoisotopic (exact) mass is 242 g/mol. The molecule has 0 amide bonds. The number of aryl methyl sites for hydroxylation is 1. The van der Waals surface area contributed by atoms with Gasteiger partial charge in [0.05, 0.1) is 6.16 Å². The molecule has 0 saturated carbocycles. The van der Waals surface area contributed by atoms with E-state index in [1.165, 1.54) is 6.92 Å². The Hall–Kier alpha value is -0.960. The second kappa shape index (κ2) is 4.91. The maximum atomic E-state index is 11.8. The van der Waals surface area contributed by atoms with E-state index in [0.29, 0.717) is 5.56 Å². The van der Waals surface area contributed by atoms with Crippen molar-refractivity contribution < 1.29 is 19.1 Å². The highest BCUT2D eigenvalue weighted by molar-refractivity contribution is 7.51. The minimum Gasteiger partial charge on any atom is -0.324 e. The van der Waals surface area contributed by atoms with Crippen molar-refractivity contribution in [1.82, 2.24) is 0 Å². The quantitative estimate of drug-likeness (QED) is 0.625. The van der Waals surface area contributed by atoms with E-state index < -0.39 is 19.7 Å². The molecule has 1 atom stereocenters. The first-order chi connectivity index (χ1) is 7.29. The molecule has 0 heterocycles. The normalized spacial score (nSPS) is 13.5. The van der Waals surface area contributed by atoms with Gasteiger partial charge in [0.15, 0.2) is 5.78 Å². The molecule has 0 bridgehead atoms. The lowest BCUT2D eigenvalue weighted by Gasteiger charge is -2.11. The summed E-state index contributed by atoms with van der Waals surface area (Å²) >= 11 is 0. The smallest absolute Gasteiger partial charge is 0.324 e. The summed E-state index contributed by atoms with van der Waals surface area (Å²) in [6.07, 6.45) is -0.403. The van der Waals surface area contributed by atoms with Gasteiger partial charge in [0.1, 0.15) is 0 Å². The Kier molecular flexibility index (Phi) is 4.03. The van der Waals surface area contributed by atoms with Crippen LogP contribution in [0.4, 0.5) is 0 Å². The van der Waals surface area contributed by atoms with Crippen LogP contribution in [0.15, 0.2) is 24.3 Å². The van der Waals surface area contributed by atoms with Crippen LogP contribution in [0, 0.1) is 12.8 Å². The SMILES string of the molecule is Cc1ccc(C(=O)C(C)CP(=O)(O)O)cc1. The maximum absolute atomic E-state index is 11.8. The fourth-order valence-corrected chi connectivity index (χ4v) is 2.32. The molecule has 0 aromatic heterocycles. The summed E-state index contributed by atoms with van der Waals surface area (Å²) in [5.41, 5.74) is 1.53. The highest BCUT2D eigenvalue weighted by atomic mass is 31.2. The Morgan fingerprint density at radius 1 is 1.31 bits per heavy atom. The van der Waals surface area contributed by atoms with Crippen LogP contribution in [0.3, 0.4) is 0 Å². The Balaban J connectivity index is 2.78. The maximum Gasteiger partial charge on any atom is 0.326 e. The van der Waals surface area contributed by atoms with Gasteiger partial charge in [-0.15, -0.1) is 0 Å². The number of Topliss-reactive ketones (excluding diaryl/α,β-unsaturated/α-hetero) is 1. The summed E-state index contributed by atoms with van der Waals surface area (Å²) in [6, 6.07) is 6.95. The minimum absolute atomic E-state index is 0.233. The number of ketones is 1. The second-order valence-corrected chi connectivity index (χ2v) is 5.67. The third-order valence-corrected chi connectivity index (χ3v) is 3.32. The molecule has 4 nitrogen and oxygen atoms in total. The third kappa shape index (κ3) is 3.89. The topological polar surface area (TPSA) is 74.6 Å². The number of carbonyl (C=O) groups excluding carboxylic acids is 1. The summed E-state index contributed by atoms with van der Waals surface area (Å²) in [5, 5.41) is 0. The van der Waals surface area contributed by atoms with E-state index in [0.717, 1.165) is 5.56 Å². The van der Waals surface area contributed by atoms with Crippen LogP contribution in [-0.2, 0) is 4.57 Å². The molecule has 5 heteroatoms. The molecule has 2 N–H and O–H groups in total. The van der Waals surface area contributed by atoms with Crippen molar-refractivity contribution in [1.29, 1.82) is 0 Å². The van der Waals surface area contributed by atoms with Gasteiger partial charge >= 0.3 is 7.60 Å². The van der Waals surface area contributed by atoms with Crippen molar-refractivity contribution in [2.75, 3.05) is 6.16 Å². The van der Waals surface area contributed by atoms with Crippen molar-refractivity contribution in [2.24, 2.45) is 5.92 Å². The fourth-order valence-electron chi connectivity index (χ4n) is 1.44. The zero-order valence-electron chi connectivity index (χ0n) is 9.25. The largest absolute Gasteiger partial charge is 0.326 e. The lowest BCUT2D eigenvalue weighted by atomic mass is 10.0. The van der Waals surface area contributed by atoms with Gasteiger partial charge in [-0.05, 0) is 6.92 Å². The predicted molar refractivity (Wildman–Crippen MR) is 61.6 cm³/mol. The van der Waals surface area contributed by atoms with Crippen molar-refractivity contribution in [2.45, 2.75) is 13.8 Å². The molecule has 1 aromatic rings. The number of benzene rings is 1. The average Bonchev–Trinajstić information content (AvgIpc) is 2.15. The molecular formula is C11H15O4P. The van der Waals surface area contributed by atoms with Crippen LogP contribution in [0.25, 0.3) is 0 Å². The fraction of sp³-hybridized carbons (Fsp3) is 0.364. The van der Waals surface area contributed by atoms with Gasteiger partial charge in [-0.25, -0.2) is 0 Å². The second-order valence-electron chi connectivity index (χ2n) is 3.98. The molecule has 88 valence electrons. The predicted octanol–water partition coefficient (Wildman–Crippen LogP) is 1.99. The summed E-state index contributed by atoms with van der Waals surface area (Å²) in [4.78, 5) is 29.4. The van der Waals surface area contributed by atoms with Crippen molar-refractivity contribution in [3.63, 3.8) is 0 Å². The van der Waals surface area contributed by atoms with E-state index in [1.54, 1.807) is 24.3 Å². The summed E-state index contributed by atoms with van der Waals surface area (Å²) in [5.74, 6) is -0.896. The molecule has 0 radical (unpaired) electrons. The van der Waals surface area contributed by atoms with E-state index in [9.17, 15) is 9.36 Å². The molecule has 1 unspecified atom stereocenters. The standard InChI is InChI=1S/C11H15O4P/c1-8-3-5-10(6-4-8)11(12)9(2)7-16(13,14)15/h3-6,9H,7H2,1-2H3,(H2,13,14,15). The average molecular weight is 242 g/mol. The van der Waals surface area contributed by atoms with Crippen molar-refractivity contribution >= 4 is 13.4 Å². The van der Waals surface area contributed by atoms with Crippen LogP contribution in [0.2, 0.25) is 0 Å². The Morgan fingerprint density at radius 3 is 2.25 bits per heavy atom. The Bertz CT molecular complexity index is 418. The molecule has 0 saturated heterocycles. The molecule has 0 aliphatic carbocycles. The van der Waals surface area contributed by atoms with E-state index in [2.05, 4.69) is 0 Å². The van der Waals surface area contributed by atoms with Gasteiger partial charge in [-0.2, -0.15) is 0 Å². The number of hydrogen-bond donors (Lipinski definition) is 2. The molecular weight excluding hydrogens is 227 g/mol. The van der Waals surface area contributed by atoms with Crippen LogP contribution < -0.4 is 0 Å². The highest BCUT2D eigenvalue weighted by Crippen LogP contribution is 2.37. The van der Waals surface area contributed by atoms with Crippen molar-refractivity contribution in [3.8, 4) is 0 Å². The first-order valence-corrected chi connectivity index (χ1v) is 6.75. The molecule has 16 heavy (non-hydrogen) atoms. The summed E-state index contributed by atoms with van der Waals surface area (Å²) in [7, 11) is -4.13. The third-order valence-electron chi connectivity index (χ3n) is 2.30. The van der Waals surface area contributed by atoms with Gasteiger partial charge in [0, 0.05) is 11.5 Å². The lowest BCUT2D eigenvalue weighted by molar-refractivity contribution is 0.0937. The molecule has 1 aromatic carbocycles. The van der Waals surface area contributed by atoms with E-state index in [1.807, 2.05) is 6.92 Å². The number of rotatable bonds is 4. The van der Waals surface area contributed by atoms with Gasteiger partial charge in [0.25, 0.3) is 0 Å². The molecule has 0 aliphatic rings. The van der Waals surface area contributed by atoms with E-state index in [4.69, 9.17) is 9.79 Å². The molecule has 1 rings (SSSR count). The van der Waals surface area contributed by atoms with Gasteiger partial charge in [-0.3, -0.25) is 9.36 Å². The van der Waals surface area contributed by atoms with Crippen LogP contribution >= 0.6 is 7.60 Å². The molecule has 0 fully saturated rings. The highest BCUT2D eigenvalue weighted by Gasteiger charge is 2.24. The van der Waals surface area contributed by atoms with Crippen LogP contribution in [-0.4, -0.2) is 21.7 Å². The van der Waals surface area contributed by atoms with Crippen LogP contribution in [0.5, 0.6) is 0 Å². The minimum atomic E-state index is -4.13. The summed E-state index contributed by atoms with van der Waals surface area (Å²) in [6.45, 7) is 3.44. The first-order valence-electron chi connectivity index (χ1n) is 4.95. The van der Waals surface area contributed by atoms with Gasteiger partial charge in [-0.1, -0.05) is 36.8 Å². The zero-order valence-corrected chi connectivity index (χ0v) is 10.1. The number of hydrogen-bond acceptors (Lipinski definition) is 2. The number of carbonyl (C=O) groups is 1. The Morgan fingerprint density at radius 2 is 1.81 bits per heavy atom. The van der Waals surface area contributed by atoms with Gasteiger partial charge in [0.2, 0.25) is 0 Å². The lowest BCUT2D eigenvalue weighted by Crippen LogP contribution is -2.15. The van der Waals surface area contributed by atoms with E-state index in [-0.39, 0.29) is 5.78 Å². The first kappa shape index (κ1) is 13.1. The Labute approximate surface area is 94.5 Å². The van der Waals surface area contributed by atoms with Gasteiger partial charge < -0.3 is 9.79 Å². The van der Waals surface area contributed by atoms with Crippen LogP contribution in [0.1, 0.15) is 22.8 Å². The molecule has 0 aliphatic heterocycles. The molecule has 0 spiro atoms. The zero-order chi connectivity index (χ0) is 12.3.